The molecule has 25 heteroatoms. The summed E-state index contributed by atoms with van der Waals surface area (Å²) < 4.78 is 60.6. The van der Waals surface area contributed by atoms with Gasteiger partial charge >= 0.3 is 23.5 Å². The number of nitrogens with one attached hydrogen (secondary N) is 1. The van der Waals surface area contributed by atoms with Gasteiger partial charge in [-0.1, -0.05) is 12.1 Å². The van der Waals surface area contributed by atoms with E-state index in [9.17, 15) is 53.5 Å². The smallest absolute Gasteiger partial charge is 0.387 e. The van der Waals surface area contributed by atoms with Gasteiger partial charge in [0, 0.05) is 6.07 Å². The van der Waals surface area contributed by atoms with Crippen molar-refractivity contribution in [1.82, 2.24) is 19.5 Å². The fourth-order valence-electron chi connectivity index (χ4n) is 3.97. The predicted molar refractivity (Wildman–Crippen MR) is 139 cm³/mol. The highest BCUT2D eigenvalue weighted by molar-refractivity contribution is 7.66. The molecule has 0 spiro atoms. The van der Waals surface area contributed by atoms with Crippen molar-refractivity contribution in [3.05, 3.63) is 56.6 Å². The summed E-state index contributed by atoms with van der Waals surface area (Å²) in [6.07, 6.45) is -7.09. The number of phosphoric acid groups is 3. The first-order valence-corrected chi connectivity index (χ1v) is 16.1. The lowest BCUT2D eigenvalue weighted by Crippen LogP contribution is -2.33. The van der Waals surface area contributed by atoms with Gasteiger partial charge in [-0.05, 0) is 13.0 Å². The average molecular weight is 672 g/mol. The first-order valence-electron chi connectivity index (χ1n) is 11.6. The van der Waals surface area contributed by atoms with Crippen LogP contribution in [0, 0.1) is 10.1 Å². The van der Waals surface area contributed by atoms with Gasteiger partial charge in [0.15, 0.2) is 17.4 Å². The van der Waals surface area contributed by atoms with Crippen molar-refractivity contribution < 1.29 is 65.9 Å². The van der Waals surface area contributed by atoms with Crippen LogP contribution in [-0.4, -0.2) is 74.3 Å². The number of anilines is 1. The number of phosphoric ester groups is 2. The second kappa shape index (κ2) is 12.2. The maximum atomic E-state index is 12.3. The molecule has 0 radical (unpaired) electrons. The van der Waals surface area contributed by atoms with Crippen LogP contribution in [0.1, 0.15) is 24.8 Å². The number of para-hydroxylation sites is 1. The van der Waals surface area contributed by atoms with Crippen molar-refractivity contribution in [1.29, 1.82) is 0 Å². The Morgan fingerprint density at radius 2 is 1.79 bits per heavy atom. The lowest BCUT2D eigenvalue weighted by Gasteiger charge is -2.21. The SMILES string of the molecule is CC(OP(=O)(O)OP(=O)(O)OP(=O)(O)OC[C@H]1O[C@@H](n2cnc3c(=O)[nH]c(N)nc32)C(O)C1O)c1ccccc1[N+](=O)[O-]. The van der Waals surface area contributed by atoms with Crippen molar-refractivity contribution in [3.63, 3.8) is 0 Å². The Kier molecular flexibility index (Phi) is 9.36. The molecule has 1 aromatic carbocycles. The first kappa shape index (κ1) is 33.0. The second-order valence-corrected chi connectivity index (χ2v) is 13.3. The number of fused-ring (bicyclic) bond motifs is 1. The van der Waals surface area contributed by atoms with E-state index in [2.05, 4.69) is 32.6 Å². The summed E-state index contributed by atoms with van der Waals surface area (Å²) in [7, 11) is -17.1. The van der Waals surface area contributed by atoms with Crippen LogP contribution in [-0.2, 0) is 36.1 Å². The van der Waals surface area contributed by atoms with Gasteiger partial charge in [-0.25, -0.2) is 18.7 Å². The summed E-state index contributed by atoms with van der Waals surface area (Å²) >= 11 is 0. The Morgan fingerprint density at radius 3 is 2.47 bits per heavy atom. The third kappa shape index (κ3) is 7.59. The fraction of sp³-hybridized carbons (Fsp3) is 0.389. The number of nitrogen functional groups attached to an aromatic ring is 1. The number of nitrogens with two attached hydrogens (primary N) is 1. The van der Waals surface area contributed by atoms with Crippen molar-refractivity contribution >= 4 is 46.3 Å². The molecule has 0 bridgehead atoms. The minimum Gasteiger partial charge on any atom is -0.387 e. The maximum absolute atomic E-state index is 12.3. The van der Waals surface area contributed by atoms with Gasteiger partial charge in [0.1, 0.15) is 18.3 Å². The summed E-state index contributed by atoms with van der Waals surface area (Å²) in [4.78, 5) is 61.9. The highest BCUT2D eigenvalue weighted by Crippen LogP contribution is 2.68. The van der Waals surface area contributed by atoms with E-state index in [0.29, 0.717) is 0 Å². The van der Waals surface area contributed by atoms with Crippen LogP contribution in [0.25, 0.3) is 11.2 Å². The Morgan fingerprint density at radius 1 is 1.14 bits per heavy atom. The number of hydrogen-bond acceptors (Lipinski definition) is 16. The molecular weight excluding hydrogens is 649 g/mol. The average Bonchev–Trinajstić information content (AvgIpc) is 3.41. The molecule has 3 heterocycles. The Labute approximate surface area is 238 Å². The summed E-state index contributed by atoms with van der Waals surface area (Å²) in [5, 5.41) is 32.0. The van der Waals surface area contributed by atoms with Gasteiger partial charge in [0.2, 0.25) is 5.95 Å². The topological polar surface area (TPSA) is 331 Å². The number of aromatic amines is 1. The summed E-state index contributed by atoms with van der Waals surface area (Å²) in [6, 6.07) is 4.90. The van der Waals surface area contributed by atoms with E-state index in [1.165, 1.54) is 18.2 Å². The lowest BCUT2D eigenvalue weighted by molar-refractivity contribution is -0.386. The number of rotatable bonds is 12. The molecule has 22 nitrogen and oxygen atoms in total. The molecule has 0 saturated carbocycles. The van der Waals surface area contributed by atoms with Crippen LogP contribution in [0.4, 0.5) is 11.6 Å². The molecule has 1 aliphatic heterocycles. The normalized spacial score (nSPS) is 25.5. The number of aliphatic hydroxyl groups excluding tert-OH is 2. The van der Waals surface area contributed by atoms with Crippen molar-refractivity contribution in [2.24, 2.45) is 0 Å². The first-order chi connectivity index (χ1) is 19.9. The van der Waals surface area contributed by atoms with Crippen LogP contribution in [0.3, 0.4) is 0 Å². The number of imidazole rings is 1. The van der Waals surface area contributed by atoms with E-state index in [0.717, 1.165) is 23.9 Å². The van der Waals surface area contributed by atoms with Gasteiger partial charge < -0.3 is 35.4 Å². The number of aromatic nitrogens is 4. The van der Waals surface area contributed by atoms with E-state index in [1.54, 1.807) is 0 Å². The van der Waals surface area contributed by atoms with Crippen molar-refractivity contribution in [2.75, 3.05) is 12.3 Å². The highest BCUT2D eigenvalue weighted by atomic mass is 31.3. The number of nitrogens with zero attached hydrogens (tertiary/aromatic N) is 4. The lowest BCUT2D eigenvalue weighted by atomic mass is 10.1. The van der Waals surface area contributed by atoms with E-state index < -0.39 is 76.9 Å². The molecule has 4 rings (SSSR count). The van der Waals surface area contributed by atoms with Gasteiger partial charge in [-0.3, -0.25) is 33.5 Å². The molecule has 0 aliphatic carbocycles. The molecule has 8 atom stereocenters. The Hall–Kier alpha value is -2.94. The maximum Gasteiger partial charge on any atom is 0.490 e. The number of benzene rings is 1. The van der Waals surface area contributed by atoms with E-state index >= 15 is 0 Å². The van der Waals surface area contributed by atoms with Gasteiger partial charge in [-0.2, -0.15) is 13.6 Å². The number of H-pyrrole nitrogens is 1. The molecule has 236 valence electrons. The third-order valence-corrected chi connectivity index (χ3v) is 10.1. The molecule has 1 aliphatic rings. The summed E-state index contributed by atoms with van der Waals surface area (Å²) in [6.45, 7) is 0.0231. The zero-order valence-electron chi connectivity index (χ0n) is 21.4. The second-order valence-electron chi connectivity index (χ2n) is 8.75. The Balaban J connectivity index is 1.39. The van der Waals surface area contributed by atoms with Crippen LogP contribution >= 0.6 is 23.5 Å². The zero-order valence-corrected chi connectivity index (χ0v) is 24.1. The number of nitro groups is 1. The highest BCUT2D eigenvalue weighted by Gasteiger charge is 2.47. The molecule has 8 N–H and O–H groups in total. The number of aliphatic hydroxyl groups is 2. The van der Waals surface area contributed by atoms with E-state index in [-0.39, 0.29) is 22.7 Å². The molecule has 3 aromatic rings. The molecule has 1 fully saturated rings. The van der Waals surface area contributed by atoms with E-state index in [4.69, 9.17) is 10.5 Å². The molecule has 6 unspecified atom stereocenters. The van der Waals surface area contributed by atoms with Gasteiger partial charge in [0.05, 0.1) is 29.5 Å². The molecular formula is C18H23N6O16P3. The molecule has 43 heavy (non-hydrogen) atoms. The van der Waals surface area contributed by atoms with Crippen molar-refractivity contribution in [2.45, 2.75) is 37.6 Å². The molecule has 0 amide bonds. The van der Waals surface area contributed by atoms with Crippen LogP contribution in [0.5, 0.6) is 0 Å². The van der Waals surface area contributed by atoms with E-state index in [1.807, 2.05) is 0 Å². The summed E-state index contributed by atoms with van der Waals surface area (Å²) in [5.41, 5.74) is 3.77. The standard InChI is InChI=1S/C18H23N6O16P3/c1-8(9-4-2-3-5-10(9)24(28)29)38-42(32,33)40-43(34,35)39-41(30,31)36-6-11-13(25)14(26)17(37-11)23-7-20-12-15(23)21-18(19)22-16(12)27/h2-5,7-8,11,13-14,17,25-26H,6H2,1H3,(H,30,31)(H,32,33)(H,34,35)(H3,19,21,22,27)/t8?,11-,13?,14?,17-/m1/s1. The Bertz CT molecular complexity index is 1730. The minimum absolute atomic E-state index is 0.138. The van der Waals surface area contributed by atoms with Crippen LogP contribution in [0.15, 0.2) is 35.4 Å². The predicted octanol–water partition coefficient (Wildman–Crippen LogP) is 0.358. The number of ether oxygens (including phenoxy) is 1. The molecule has 1 saturated heterocycles. The quantitative estimate of drug-likeness (QED) is 0.0775. The fourth-order valence-corrected chi connectivity index (χ4v) is 7.63. The molecule has 2 aromatic heterocycles. The van der Waals surface area contributed by atoms with Crippen LogP contribution < -0.4 is 11.3 Å². The largest absolute Gasteiger partial charge is 0.490 e. The van der Waals surface area contributed by atoms with Crippen molar-refractivity contribution in [3.8, 4) is 0 Å². The van der Waals surface area contributed by atoms with Gasteiger partial charge in [0.25, 0.3) is 11.2 Å². The zero-order chi connectivity index (χ0) is 31.9. The van der Waals surface area contributed by atoms with Crippen LogP contribution in [0.2, 0.25) is 0 Å². The third-order valence-electron chi connectivity index (χ3n) is 5.74. The number of hydrogen-bond donors (Lipinski definition) is 7. The monoisotopic (exact) mass is 672 g/mol. The number of nitro benzene ring substituents is 1. The minimum atomic E-state index is -5.92. The summed E-state index contributed by atoms with van der Waals surface area (Å²) in [5.74, 6) is -0.296. The van der Waals surface area contributed by atoms with Gasteiger partial charge in [-0.15, -0.1) is 0 Å².